The van der Waals surface area contributed by atoms with Crippen LogP contribution in [0.3, 0.4) is 0 Å². The zero-order chi connectivity index (χ0) is 73.8. The van der Waals surface area contributed by atoms with Gasteiger partial charge in [0, 0.05) is 34.1 Å². The minimum Gasteiger partial charge on any atom is -0.487 e. The number of nitro groups is 4. The molecule has 0 aliphatic heterocycles. The number of aliphatic carboxylic acids is 4. The van der Waals surface area contributed by atoms with Crippen LogP contribution in [0.2, 0.25) is 5.02 Å². The van der Waals surface area contributed by atoms with Crippen molar-refractivity contribution in [2.45, 2.75) is 136 Å². The van der Waals surface area contributed by atoms with Crippen molar-refractivity contribution in [1.82, 2.24) is 21.3 Å². The molecule has 4 aromatic carbocycles. The number of carbonyl (C=O) groups excluding carboxylic acids is 4. The number of nitrogens with one attached hydrogen (secondary N) is 4. The summed E-state index contributed by atoms with van der Waals surface area (Å²) >= 11 is 8.78. The van der Waals surface area contributed by atoms with Crippen molar-refractivity contribution in [3.05, 3.63) is 135 Å². The predicted molar refractivity (Wildman–Crippen MR) is 335 cm³/mol. The van der Waals surface area contributed by atoms with E-state index in [0.29, 0.717) is 10.5 Å². The fourth-order valence-electron chi connectivity index (χ4n) is 6.38. The summed E-state index contributed by atoms with van der Waals surface area (Å²) in [7, 11) is 0. The van der Waals surface area contributed by atoms with Gasteiger partial charge in [-0.15, -0.1) is 0 Å². The summed E-state index contributed by atoms with van der Waals surface area (Å²) in [6, 6.07) is 10.5. The van der Waals surface area contributed by atoms with Crippen molar-refractivity contribution < 1.29 is 121 Å². The topological polar surface area (TPSA) is 512 Å². The van der Waals surface area contributed by atoms with Crippen LogP contribution in [-0.4, -0.2) is 161 Å². The number of carboxylic acid groups (broad SMARTS) is 4. The van der Waals surface area contributed by atoms with Crippen LogP contribution in [0.5, 0.6) is 23.0 Å². The quantitative estimate of drug-likeness (QED) is 0.0174. The Bertz CT molecular complexity index is 3160. The lowest BCUT2D eigenvalue weighted by atomic mass is 10.2. The van der Waals surface area contributed by atoms with E-state index in [4.69, 9.17) is 69.9 Å². The second kappa shape index (κ2) is 37.9. The number of hydrogen-bond donors (Lipinski definition) is 8. The Morgan fingerprint density at radius 3 is 1.09 bits per heavy atom. The lowest BCUT2D eigenvalue weighted by Gasteiger charge is -2.22. The first-order chi connectivity index (χ1) is 44.1. The van der Waals surface area contributed by atoms with Crippen LogP contribution in [-0.2, 0) is 38.1 Å². The molecule has 8 N–H and O–H groups in total. The number of nitro benzene ring substituents is 4. The second-order valence-electron chi connectivity index (χ2n) is 23.1. The lowest BCUT2D eigenvalue weighted by Crippen LogP contribution is -2.46. The van der Waals surface area contributed by atoms with Crippen molar-refractivity contribution >= 4 is 98.5 Å². The Kier molecular flexibility index (Phi) is 32.9. The number of alkyl carbamates (subject to hydrolysis) is 4. The first kappa shape index (κ1) is 83.4. The lowest BCUT2D eigenvalue weighted by molar-refractivity contribution is -0.386. The average molecular weight is 1450 g/mol. The zero-order valence-corrected chi connectivity index (χ0v) is 55.7. The molecule has 528 valence electrons. The molecule has 0 aromatic heterocycles. The molecule has 4 atom stereocenters. The molecular weight excluding hydrogens is 1380 g/mol. The molecule has 39 heteroatoms. The molecule has 0 unspecified atom stereocenters. The highest BCUT2D eigenvalue weighted by Crippen LogP contribution is 2.32. The number of halogens is 3. The van der Waals surface area contributed by atoms with Crippen molar-refractivity contribution in [1.29, 1.82) is 0 Å². The number of nitrogens with zero attached hydrogens (tertiary/aromatic N) is 4. The van der Waals surface area contributed by atoms with Crippen LogP contribution in [0, 0.1) is 46.3 Å². The summed E-state index contributed by atoms with van der Waals surface area (Å²) in [4.78, 5) is 132. The van der Waals surface area contributed by atoms with Crippen LogP contribution in [0.1, 0.15) is 89.5 Å². The summed E-state index contributed by atoms with van der Waals surface area (Å²) in [6.45, 7) is 17.7. The second-order valence-corrected chi connectivity index (χ2v) is 24.4. The van der Waals surface area contributed by atoms with E-state index in [1.807, 2.05) is 0 Å². The van der Waals surface area contributed by atoms with Crippen LogP contribution in [0.25, 0.3) is 0 Å². The smallest absolute Gasteiger partial charge is 0.408 e. The number of hydrogen-bond acceptors (Lipinski definition) is 24. The van der Waals surface area contributed by atoms with E-state index < -0.39 is 152 Å². The maximum atomic E-state index is 13.0. The normalized spacial score (nSPS) is 12.2. The van der Waals surface area contributed by atoms with E-state index in [9.17, 15) is 83.2 Å². The monoisotopic (exact) mass is 1450 g/mol. The standard InChI is InChI=1S/C15H20N2O7.C14H17BrN2O7.C14H17ClN2O7.C14H17FN2O7/c1-15(2,3)24-14(20)16-10(13(18)19)8-9-23-12-7-5-4-6-11(12)17(21)22;3*1-14(2,3)24-13(20)16-9(12(18)19)7-23-11-5-4-8(15)6-10(11)17(21)22/h4-7,10H,8-9H2,1-3H3,(H,16,20)(H,18,19);3*4-6,9H,7H2,1-3H3,(H,16,20)(H,18,19)/t10-;3*9-/m0000/s1. The largest absolute Gasteiger partial charge is 0.487 e. The summed E-state index contributed by atoms with van der Waals surface area (Å²) in [5.41, 5.74) is -4.80. The van der Waals surface area contributed by atoms with Gasteiger partial charge in [0.1, 0.15) is 54.1 Å². The van der Waals surface area contributed by atoms with Gasteiger partial charge in [-0.2, -0.15) is 0 Å². The van der Waals surface area contributed by atoms with Crippen LogP contribution < -0.4 is 40.2 Å². The molecule has 0 spiro atoms. The van der Waals surface area contributed by atoms with E-state index in [0.717, 1.165) is 18.2 Å². The van der Waals surface area contributed by atoms with Gasteiger partial charge in [-0.1, -0.05) is 39.7 Å². The van der Waals surface area contributed by atoms with Gasteiger partial charge < -0.3 is 79.6 Å². The highest BCUT2D eigenvalue weighted by Gasteiger charge is 2.31. The van der Waals surface area contributed by atoms with Gasteiger partial charge in [0.15, 0.2) is 41.1 Å². The van der Waals surface area contributed by atoms with E-state index >= 15 is 0 Å². The molecule has 4 amide bonds. The van der Waals surface area contributed by atoms with Crippen LogP contribution in [0.4, 0.5) is 46.3 Å². The number of ether oxygens (including phenoxy) is 8. The summed E-state index contributed by atoms with van der Waals surface area (Å²) in [5.74, 6) is -6.82. The fourth-order valence-corrected chi connectivity index (χ4v) is 6.90. The number of rotatable bonds is 25. The van der Waals surface area contributed by atoms with Crippen molar-refractivity contribution in [3.8, 4) is 23.0 Å². The molecule has 36 nitrogen and oxygen atoms in total. The Hall–Kier alpha value is -10.7. The van der Waals surface area contributed by atoms with Gasteiger partial charge in [0.05, 0.1) is 32.4 Å². The van der Waals surface area contributed by atoms with Crippen molar-refractivity contribution in [2.75, 3.05) is 26.4 Å². The molecule has 4 rings (SSSR count). The fraction of sp³-hybridized carbons (Fsp3) is 0.439. The maximum absolute atomic E-state index is 13.0. The van der Waals surface area contributed by atoms with Crippen molar-refractivity contribution in [3.63, 3.8) is 0 Å². The first-order valence-corrected chi connectivity index (χ1v) is 28.7. The van der Waals surface area contributed by atoms with Gasteiger partial charge in [-0.3, -0.25) is 40.5 Å². The molecule has 0 bridgehead atoms. The molecule has 0 saturated carbocycles. The number of carbonyl (C=O) groups is 8. The molecule has 0 aliphatic rings. The molecule has 0 heterocycles. The third kappa shape index (κ3) is 34.3. The number of benzene rings is 4. The van der Waals surface area contributed by atoms with Gasteiger partial charge in [0.25, 0.3) is 0 Å². The third-order valence-corrected chi connectivity index (χ3v) is 11.0. The molecule has 0 fully saturated rings. The predicted octanol–water partition coefficient (Wildman–Crippen LogP) is 9.75. The molecular formula is C57H71BrClFN8O28. The number of para-hydroxylation sites is 2. The Balaban J connectivity index is 0.000000640. The Labute approximate surface area is 558 Å². The molecule has 4 aromatic rings. The highest BCUT2D eigenvalue weighted by molar-refractivity contribution is 9.10. The molecule has 0 aliphatic carbocycles. The third-order valence-electron chi connectivity index (χ3n) is 10.3. The molecule has 96 heavy (non-hydrogen) atoms. The summed E-state index contributed by atoms with van der Waals surface area (Å²) < 4.78 is 54.0. The van der Waals surface area contributed by atoms with E-state index in [-0.39, 0.29) is 52.4 Å². The van der Waals surface area contributed by atoms with E-state index in [2.05, 4.69) is 37.2 Å². The van der Waals surface area contributed by atoms with E-state index in [1.165, 1.54) is 48.5 Å². The summed E-state index contributed by atoms with van der Waals surface area (Å²) in [6.07, 6.45) is -3.79. The molecule has 0 saturated heterocycles. The van der Waals surface area contributed by atoms with Crippen LogP contribution in [0.15, 0.2) is 83.3 Å². The Morgan fingerprint density at radius 1 is 0.448 bits per heavy atom. The van der Waals surface area contributed by atoms with E-state index in [1.54, 1.807) is 89.2 Å². The maximum Gasteiger partial charge on any atom is 0.408 e. The SMILES string of the molecule is CC(C)(C)OC(=O)N[C@@H](CCOc1ccccc1[N+](=O)[O-])C(=O)O.CC(C)(C)OC(=O)N[C@@H](COc1ccc(Br)cc1[N+](=O)[O-])C(=O)O.CC(C)(C)OC(=O)N[C@@H](COc1ccc(Cl)cc1[N+](=O)[O-])C(=O)O.CC(C)(C)OC(=O)N[C@@H](COc1ccc(F)cc1[N+](=O)[O-])C(=O)O. The van der Waals surface area contributed by atoms with Gasteiger partial charge in [-0.05, 0) is 126 Å². The Morgan fingerprint density at radius 2 is 0.750 bits per heavy atom. The number of amides is 4. The van der Waals surface area contributed by atoms with Crippen LogP contribution >= 0.6 is 27.5 Å². The minimum atomic E-state index is -1.51. The van der Waals surface area contributed by atoms with Gasteiger partial charge in [0.2, 0.25) is 0 Å². The van der Waals surface area contributed by atoms with Gasteiger partial charge >= 0.3 is 71.0 Å². The minimum absolute atomic E-state index is 0.0314. The highest BCUT2D eigenvalue weighted by atomic mass is 79.9. The number of carboxylic acids is 4. The van der Waals surface area contributed by atoms with Crippen molar-refractivity contribution in [2.24, 2.45) is 0 Å². The summed E-state index contributed by atoms with van der Waals surface area (Å²) in [5, 5.41) is 88.8. The average Bonchev–Trinajstić information content (AvgIpc) is 0.882. The van der Waals surface area contributed by atoms with Gasteiger partial charge in [-0.25, -0.2) is 42.7 Å². The first-order valence-electron chi connectivity index (χ1n) is 27.5. The zero-order valence-electron chi connectivity index (χ0n) is 53.4. The molecule has 0 radical (unpaired) electrons.